The number of allylic oxidation sites excluding steroid dienone is 2. The highest BCUT2D eigenvalue weighted by molar-refractivity contribution is 6.26. The van der Waals surface area contributed by atoms with Crippen molar-refractivity contribution in [3.63, 3.8) is 0 Å². The molecule has 0 atom stereocenters. The van der Waals surface area contributed by atoms with Crippen LogP contribution in [0.2, 0.25) is 0 Å². The van der Waals surface area contributed by atoms with Gasteiger partial charge in [0.05, 0.1) is 12.7 Å². The topological polar surface area (TPSA) is 83.8 Å². The summed E-state index contributed by atoms with van der Waals surface area (Å²) in [6, 6.07) is 4.42. The zero-order chi connectivity index (χ0) is 11.9. The minimum atomic E-state index is -0.943. The smallest absolute Gasteiger partial charge is 0.235 e. The molecule has 0 aliphatic heterocycles. The maximum atomic E-state index is 11.7. The maximum absolute atomic E-state index is 11.7. The number of hydrogen-bond donors (Lipinski definition) is 2. The van der Waals surface area contributed by atoms with Crippen molar-refractivity contribution in [2.45, 2.75) is 0 Å². The van der Waals surface area contributed by atoms with E-state index in [-0.39, 0.29) is 16.9 Å². The Kier molecular flexibility index (Phi) is 2.16. The van der Waals surface area contributed by atoms with Crippen LogP contribution in [0.15, 0.2) is 29.7 Å². The molecule has 82 valence electrons. The Labute approximate surface area is 90.6 Å². The number of fused-ring (bicyclic) bond motifs is 1. The van der Waals surface area contributed by atoms with Gasteiger partial charge in [-0.25, -0.2) is 0 Å². The summed E-state index contributed by atoms with van der Waals surface area (Å²) >= 11 is 0. The molecule has 0 heterocycles. The lowest BCUT2D eigenvalue weighted by molar-refractivity contribution is 0.0878. The molecule has 0 fully saturated rings. The Balaban J connectivity index is 2.76. The Bertz CT molecular complexity index is 527. The van der Waals surface area contributed by atoms with Gasteiger partial charge in [-0.3, -0.25) is 9.59 Å². The first-order valence-electron chi connectivity index (χ1n) is 4.46. The van der Waals surface area contributed by atoms with Crippen LogP contribution >= 0.6 is 0 Å². The first kappa shape index (κ1) is 10.2. The molecule has 2 N–H and O–H groups in total. The highest BCUT2D eigenvalue weighted by atomic mass is 16.5. The molecule has 0 radical (unpaired) electrons. The molecule has 1 aliphatic carbocycles. The van der Waals surface area contributed by atoms with E-state index in [9.17, 15) is 19.8 Å². The fourth-order valence-corrected chi connectivity index (χ4v) is 1.59. The van der Waals surface area contributed by atoms with Gasteiger partial charge in [0, 0.05) is 5.56 Å². The minimum absolute atomic E-state index is 0.0229. The van der Waals surface area contributed by atoms with E-state index in [1.165, 1.54) is 25.3 Å². The van der Waals surface area contributed by atoms with E-state index in [0.717, 1.165) is 0 Å². The van der Waals surface area contributed by atoms with Crippen molar-refractivity contribution in [3.05, 3.63) is 40.8 Å². The average Bonchev–Trinajstić information content (AvgIpc) is 2.32. The minimum Gasteiger partial charge on any atom is -0.501 e. The molecular formula is C11H8O5. The maximum Gasteiger partial charge on any atom is 0.235 e. The van der Waals surface area contributed by atoms with Crippen molar-refractivity contribution in [2.24, 2.45) is 0 Å². The molecule has 0 saturated carbocycles. The molecule has 16 heavy (non-hydrogen) atoms. The van der Waals surface area contributed by atoms with Gasteiger partial charge < -0.3 is 14.9 Å². The summed E-state index contributed by atoms with van der Waals surface area (Å²) in [6.07, 6.45) is 0. The van der Waals surface area contributed by atoms with E-state index in [0.29, 0.717) is 0 Å². The first-order valence-corrected chi connectivity index (χ1v) is 4.46. The molecule has 0 aromatic heterocycles. The summed E-state index contributed by atoms with van der Waals surface area (Å²) in [5.41, 5.74) is 0.00458. The third kappa shape index (κ3) is 1.18. The fourth-order valence-electron chi connectivity index (χ4n) is 1.59. The number of rotatable bonds is 1. The van der Waals surface area contributed by atoms with Crippen molar-refractivity contribution in [1.82, 2.24) is 0 Å². The number of aliphatic hydroxyl groups is 2. The SMILES string of the molecule is COc1cccc2c1C(=O)C(O)=C(O)C2=O. The first-order chi connectivity index (χ1) is 7.57. The highest BCUT2D eigenvalue weighted by Crippen LogP contribution is 2.30. The van der Waals surface area contributed by atoms with Gasteiger partial charge in [0.25, 0.3) is 0 Å². The molecule has 1 aromatic carbocycles. The lowest BCUT2D eigenvalue weighted by Crippen LogP contribution is -2.22. The quantitative estimate of drug-likeness (QED) is 0.747. The highest BCUT2D eigenvalue weighted by Gasteiger charge is 2.34. The van der Waals surface area contributed by atoms with Crippen LogP contribution in [0.3, 0.4) is 0 Å². The molecule has 1 aromatic rings. The summed E-state index contributed by atoms with van der Waals surface area (Å²) in [7, 11) is 1.35. The third-order valence-electron chi connectivity index (χ3n) is 2.37. The van der Waals surface area contributed by atoms with Crippen LogP contribution in [-0.2, 0) is 0 Å². The third-order valence-corrected chi connectivity index (χ3v) is 2.37. The molecule has 0 saturated heterocycles. The van der Waals surface area contributed by atoms with Crippen LogP contribution in [0, 0.1) is 0 Å². The number of methoxy groups -OCH3 is 1. The standard InChI is InChI=1S/C11H8O5/c1-16-6-4-2-3-5-7(6)9(13)11(15)10(14)8(5)12/h2-4,14-15H,1H3. The number of benzene rings is 1. The summed E-state index contributed by atoms with van der Waals surface area (Å²) in [4.78, 5) is 23.2. The predicted octanol–water partition coefficient (Wildman–Crippen LogP) is 1.40. The number of ether oxygens (including phenoxy) is 1. The number of hydrogen-bond acceptors (Lipinski definition) is 5. The summed E-state index contributed by atoms with van der Waals surface area (Å²) < 4.78 is 4.93. The molecule has 2 rings (SSSR count). The van der Waals surface area contributed by atoms with Crippen LogP contribution in [0.4, 0.5) is 0 Å². The number of carbonyl (C=O) groups is 2. The Morgan fingerprint density at radius 2 is 1.69 bits per heavy atom. The van der Waals surface area contributed by atoms with Crippen LogP contribution in [0.1, 0.15) is 20.7 Å². The molecule has 0 spiro atoms. The number of Topliss-reactive ketones (excluding diaryl/α,β-unsaturated/α-hetero) is 2. The van der Waals surface area contributed by atoms with Gasteiger partial charge in [-0.05, 0) is 12.1 Å². The van der Waals surface area contributed by atoms with Crippen molar-refractivity contribution < 1.29 is 24.5 Å². The molecule has 5 heteroatoms. The largest absolute Gasteiger partial charge is 0.501 e. The second kappa shape index (κ2) is 3.37. The Morgan fingerprint density at radius 1 is 1.06 bits per heavy atom. The molecule has 5 nitrogen and oxygen atoms in total. The normalized spacial score (nSPS) is 15.1. The van der Waals surface area contributed by atoms with Crippen molar-refractivity contribution >= 4 is 11.6 Å². The van der Waals surface area contributed by atoms with E-state index in [1.54, 1.807) is 0 Å². The second-order valence-corrected chi connectivity index (χ2v) is 3.24. The van der Waals surface area contributed by atoms with Gasteiger partial charge in [-0.15, -0.1) is 0 Å². The van der Waals surface area contributed by atoms with E-state index in [4.69, 9.17) is 4.74 Å². The zero-order valence-electron chi connectivity index (χ0n) is 8.35. The van der Waals surface area contributed by atoms with Gasteiger partial charge >= 0.3 is 0 Å². The summed E-state index contributed by atoms with van der Waals surface area (Å²) in [6.45, 7) is 0. The monoisotopic (exact) mass is 220 g/mol. The van der Waals surface area contributed by atoms with Crippen LogP contribution in [-0.4, -0.2) is 28.9 Å². The van der Waals surface area contributed by atoms with Crippen molar-refractivity contribution in [3.8, 4) is 5.75 Å². The predicted molar refractivity (Wildman–Crippen MR) is 53.9 cm³/mol. The summed E-state index contributed by atoms with van der Waals surface area (Å²) in [5.74, 6) is -3.28. The lowest BCUT2D eigenvalue weighted by Gasteiger charge is -2.16. The molecule has 1 aliphatic rings. The van der Waals surface area contributed by atoms with Gasteiger partial charge in [0.15, 0.2) is 0 Å². The average molecular weight is 220 g/mol. The van der Waals surface area contributed by atoms with Crippen LogP contribution in [0.25, 0.3) is 0 Å². The number of carbonyl (C=O) groups excluding carboxylic acids is 2. The molecule has 0 amide bonds. The molecule has 0 bridgehead atoms. The fraction of sp³-hybridized carbons (Fsp3) is 0.0909. The van der Waals surface area contributed by atoms with E-state index in [1.807, 2.05) is 0 Å². The van der Waals surface area contributed by atoms with E-state index in [2.05, 4.69) is 0 Å². The zero-order valence-corrected chi connectivity index (χ0v) is 8.35. The van der Waals surface area contributed by atoms with Gasteiger partial charge in [0.1, 0.15) is 5.75 Å². The number of ketones is 2. The van der Waals surface area contributed by atoms with Crippen molar-refractivity contribution in [1.29, 1.82) is 0 Å². The van der Waals surface area contributed by atoms with Gasteiger partial charge in [-0.2, -0.15) is 0 Å². The molecular weight excluding hydrogens is 212 g/mol. The van der Waals surface area contributed by atoms with E-state index >= 15 is 0 Å². The van der Waals surface area contributed by atoms with E-state index < -0.39 is 23.1 Å². The number of aliphatic hydroxyl groups excluding tert-OH is 2. The molecule has 0 unspecified atom stereocenters. The Morgan fingerprint density at radius 3 is 2.31 bits per heavy atom. The second-order valence-electron chi connectivity index (χ2n) is 3.24. The van der Waals surface area contributed by atoms with Crippen LogP contribution < -0.4 is 4.74 Å². The Hall–Kier alpha value is -2.30. The van der Waals surface area contributed by atoms with Gasteiger partial charge in [-0.1, -0.05) is 6.07 Å². The van der Waals surface area contributed by atoms with Gasteiger partial charge in [0.2, 0.25) is 23.1 Å². The van der Waals surface area contributed by atoms with Crippen molar-refractivity contribution in [2.75, 3.05) is 7.11 Å². The lowest BCUT2D eigenvalue weighted by atomic mass is 9.91. The van der Waals surface area contributed by atoms with Crippen LogP contribution in [0.5, 0.6) is 5.75 Å². The summed E-state index contributed by atoms with van der Waals surface area (Å²) in [5, 5.41) is 18.5.